The zero-order valence-electron chi connectivity index (χ0n) is 10.5. The van der Waals surface area contributed by atoms with Gasteiger partial charge in [0.25, 0.3) is 0 Å². The Morgan fingerprint density at radius 1 is 1.39 bits per heavy atom. The third-order valence-electron chi connectivity index (χ3n) is 4.12. The summed E-state index contributed by atoms with van der Waals surface area (Å²) in [6.45, 7) is 6.00. The molecule has 0 spiro atoms. The van der Waals surface area contributed by atoms with Crippen LogP contribution in [0.5, 0.6) is 0 Å². The number of nitriles is 1. The van der Waals surface area contributed by atoms with Crippen LogP contribution < -0.4 is 0 Å². The van der Waals surface area contributed by atoms with Crippen LogP contribution in [0.4, 0.5) is 0 Å². The summed E-state index contributed by atoms with van der Waals surface area (Å²) in [4.78, 5) is 11.3. The van der Waals surface area contributed by atoms with Crippen molar-refractivity contribution in [2.24, 2.45) is 5.92 Å². The Labute approximate surface area is 108 Å². The first-order valence-corrected chi connectivity index (χ1v) is 6.27. The minimum atomic E-state index is 0.237. The Balaban J connectivity index is 0.000000574. The molecule has 0 bridgehead atoms. The Bertz CT molecular complexity index is 514. The van der Waals surface area contributed by atoms with E-state index in [4.69, 9.17) is 5.26 Å². The minimum absolute atomic E-state index is 0.237. The molecule has 2 aliphatic carbocycles. The van der Waals surface area contributed by atoms with Gasteiger partial charge in [0.1, 0.15) is 5.78 Å². The lowest BCUT2D eigenvalue weighted by atomic mass is 9.82. The van der Waals surface area contributed by atoms with Gasteiger partial charge in [-0.15, -0.1) is 13.2 Å². The average molecular weight is 239 g/mol. The molecule has 2 nitrogen and oxygen atoms in total. The highest BCUT2D eigenvalue weighted by atomic mass is 16.1. The first-order valence-electron chi connectivity index (χ1n) is 6.27. The fourth-order valence-electron chi connectivity index (χ4n) is 3.09. The van der Waals surface area contributed by atoms with Crippen LogP contribution in [0.15, 0.2) is 37.4 Å². The number of hydrogen-bond donors (Lipinski definition) is 0. The fourth-order valence-corrected chi connectivity index (χ4v) is 3.09. The van der Waals surface area contributed by atoms with Crippen LogP contribution in [-0.2, 0) is 10.2 Å². The van der Waals surface area contributed by atoms with Crippen molar-refractivity contribution in [3.63, 3.8) is 0 Å². The maximum Gasteiger partial charge on any atom is 0.133 e. The number of ketones is 1. The largest absolute Gasteiger partial charge is 0.300 e. The van der Waals surface area contributed by atoms with Crippen LogP contribution in [0.2, 0.25) is 0 Å². The summed E-state index contributed by atoms with van der Waals surface area (Å²) in [7, 11) is 0. The minimum Gasteiger partial charge on any atom is -0.300 e. The highest BCUT2D eigenvalue weighted by molar-refractivity contribution is 5.81. The fraction of sp³-hybridized carbons (Fsp3) is 0.375. The summed E-state index contributed by atoms with van der Waals surface area (Å²) in [6.07, 6.45) is 3.57. The number of benzene rings is 1. The summed E-state index contributed by atoms with van der Waals surface area (Å²) in [5, 5.41) is 8.90. The van der Waals surface area contributed by atoms with Gasteiger partial charge in [0.2, 0.25) is 0 Å². The van der Waals surface area contributed by atoms with Crippen LogP contribution in [-0.4, -0.2) is 5.78 Å². The van der Waals surface area contributed by atoms with Crippen molar-refractivity contribution in [2.75, 3.05) is 0 Å². The van der Waals surface area contributed by atoms with E-state index in [0.29, 0.717) is 18.1 Å². The predicted molar refractivity (Wildman–Crippen MR) is 71.1 cm³/mol. The van der Waals surface area contributed by atoms with Gasteiger partial charge in [-0.25, -0.2) is 0 Å². The van der Waals surface area contributed by atoms with E-state index in [1.807, 2.05) is 18.2 Å². The van der Waals surface area contributed by atoms with Gasteiger partial charge < -0.3 is 0 Å². The monoisotopic (exact) mass is 239 g/mol. The normalized spacial score (nSPS) is 28.4. The predicted octanol–water partition coefficient (Wildman–Crippen LogP) is 3.37. The molecule has 0 N–H and O–H groups in total. The molecule has 2 unspecified atom stereocenters. The van der Waals surface area contributed by atoms with Crippen molar-refractivity contribution in [1.29, 1.82) is 5.26 Å². The first-order chi connectivity index (χ1) is 8.74. The maximum absolute atomic E-state index is 11.3. The summed E-state index contributed by atoms with van der Waals surface area (Å²) in [5.74, 6) is 0.956. The second kappa shape index (κ2) is 4.78. The quantitative estimate of drug-likeness (QED) is 0.705. The van der Waals surface area contributed by atoms with Crippen molar-refractivity contribution in [1.82, 2.24) is 0 Å². The van der Waals surface area contributed by atoms with E-state index in [1.54, 1.807) is 0 Å². The molecule has 18 heavy (non-hydrogen) atoms. The molecule has 92 valence electrons. The van der Waals surface area contributed by atoms with Crippen LogP contribution in [0, 0.1) is 17.2 Å². The van der Waals surface area contributed by atoms with Gasteiger partial charge in [0.05, 0.1) is 11.6 Å². The van der Waals surface area contributed by atoms with E-state index >= 15 is 0 Å². The summed E-state index contributed by atoms with van der Waals surface area (Å²) in [6, 6.07) is 10.1. The molecule has 2 fully saturated rings. The molecule has 0 amide bonds. The van der Waals surface area contributed by atoms with Gasteiger partial charge in [-0.3, -0.25) is 4.79 Å². The van der Waals surface area contributed by atoms with Gasteiger partial charge in [0.15, 0.2) is 0 Å². The SMILES string of the molecule is C=C.N#Cc1cccc(C23CCC(=O)CC2C3)c1. The van der Waals surface area contributed by atoms with Crippen LogP contribution in [0.1, 0.15) is 36.8 Å². The van der Waals surface area contributed by atoms with Gasteiger partial charge in [0, 0.05) is 12.8 Å². The Morgan fingerprint density at radius 2 is 2.17 bits per heavy atom. The highest BCUT2D eigenvalue weighted by Gasteiger charge is 2.57. The number of hydrogen-bond acceptors (Lipinski definition) is 2. The maximum atomic E-state index is 11.3. The molecule has 1 aromatic carbocycles. The molecular formula is C16H17NO. The van der Waals surface area contributed by atoms with E-state index in [2.05, 4.69) is 25.3 Å². The molecule has 2 aliphatic rings. The molecule has 2 heteroatoms. The number of nitrogens with zero attached hydrogens (tertiary/aromatic N) is 1. The summed E-state index contributed by atoms with van der Waals surface area (Å²) >= 11 is 0. The smallest absolute Gasteiger partial charge is 0.133 e. The van der Waals surface area contributed by atoms with E-state index < -0.39 is 0 Å². The Hall–Kier alpha value is -1.88. The lowest BCUT2D eigenvalue weighted by Crippen LogP contribution is -2.19. The van der Waals surface area contributed by atoms with Crippen molar-refractivity contribution in [3.05, 3.63) is 48.6 Å². The standard InChI is InChI=1S/C14H13NO.C2H4/c15-9-10-2-1-3-11(6-10)14-5-4-13(16)7-12(14)8-14;1-2/h1-3,6,12H,4-5,7-8H2;1-2H2. The number of Topliss-reactive ketones (excluding diaryl/α,β-unsaturated/α-hetero) is 1. The zero-order valence-corrected chi connectivity index (χ0v) is 10.5. The zero-order chi connectivity index (χ0) is 13.2. The van der Waals surface area contributed by atoms with Crippen molar-refractivity contribution in [3.8, 4) is 6.07 Å². The topological polar surface area (TPSA) is 40.9 Å². The number of carbonyl (C=O) groups is 1. The Kier molecular flexibility index (Phi) is 3.34. The second-order valence-corrected chi connectivity index (χ2v) is 4.99. The van der Waals surface area contributed by atoms with Gasteiger partial charge in [-0.05, 0) is 41.9 Å². The molecule has 0 heterocycles. The number of rotatable bonds is 1. The molecule has 3 rings (SSSR count). The highest BCUT2D eigenvalue weighted by Crippen LogP contribution is 2.61. The molecule has 1 aromatic rings. The lowest BCUT2D eigenvalue weighted by Gasteiger charge is -2.21. The Morgan fingerprint density at radius 3 is 2.83 bits per heavy atom. The molecule has 0 aliphatic heterocycles. The molecular weight excluding hydrogens is 222 g/mol. The van der Waals surface area contributed by atoms with Crippen LogP contribution in [0.25, 0.3) is 0 Å². The number of carbonyl (C=O) groups excluding carboxylic acids is 1. The van der Waals surface area contributed by atoms with Crippen molar-refractivity contribution >= 4 is 5.78 Å². The van der Waals surface area contributed by atoms with Crippen molar-refractivity contribution in [2.45, 2.75) is 31.1 Å². The lowest BCUT2D eigenvalue weighted by molar-refractivity contribution is -0.120. The third-order valence-corrected chi connectivity index (χ3v) is 4.12. The summed E-state index contributed by atoms with van der Waals surface area (Å²) in [5.41, 5.74) is 2.24. The molecule has 0 aromatic heterocycles. The van der Waals surface area contributed by atoms with Crippen molar-refractivity contribution < 1.29 is 4.79 Å². The van der Waals surface area contributed by atoms with E-state index in [9.17, 15) is 4.79 Å². The van der Waals surface area contributed by atoms with E-state index in [1.165, 1.54) is 5.56 Å². The van der Waals surface area contributed by atoms with Crippen LogP contribution >= 0.6 is 0 Å². The van der Waals surface area contributed by atoms with E-state index in [-0.39, 0.29) is 5.41 Å². The second-order valence-electron chi connectivity index (χ2n) is 4.99. The van der Waals surface area contributed by atoms with E-state index in [0.717, 1.165) is 24.8 Å². The molecule has 0 radical (unpaired) electrons. The molecule has 0 saturated heterocycles. The number of fused-ring (bicyclic) bond motifs is 1. The van der Waals surface area contributed by atoms with Gasteiger partial charge in [-0.2, -0.15) is 5.26 Å². The first kappa shape index (κ1) is 12.6. The molecule has 2 saturated carbocycles. The van der Waals surface area contributed by atoms with Crippen LogP contribution in [0.3, 0.4) is 0 Å². The molecule has 2 atom stereocenters. The average Bonchev–Trinajstić information content (AvgIpc) is 3.16. The van der Waals surface area contributed by atoms with Gasteiger partial charge in [-0.1, -0.05) is 12.1 Å². The van der Waals surface area contributed by atoms with Gasteiger partial charge >= 0.3 is 0 Å². The summed E-state index contributed by atoms with van der Waals surface area (Å²) < 4.78 is 0. The third kappa shape index (κ3) is 1.97.